The lowest BCUT2D eigenvalue weighted by atomic mass is 10.1. The highest BCUT2D eigenvalue weighted by Gasteiger charge is 2.16. The average molecular weight is 298 g/mol. The van der Waals surface area contributed by atoms with Crippen LogP contribution in [-0.4, -0.2) is 21.0 Å². The van der Waals surface area contributed by atoms with Gasteiger partial charge in [-0.05, 0) is 50.4 Å². The van der Waals surface area contributed by atoms with Crippen LogP contribution in [0.4, 0.5) is 0 Å². The van der Waals surface area contributed by atoms with Crippen LogP contribution >= 0.6 is 0 Å². The molecule has 1 unspecified atom stereocenters. The first kappa shape index (κ1) is 17.1. The molecule has 0 heterocycles. The van der Waals surface area contributed by atoms with Gasteiger partial charge in [-0.1, -0.05) is 31.9 Å². The Morgan fingerprint density at radius 3 is 2.40 bits per heavy atom. The summed E-state index contributed by atoms with van der Waals surface area (Å²) in [5.41, 5.74) is 6.58. The van der Waals surface area contributed by atoms with E-state index in [1.165, 1.54) is 0 Å². The highest BCUT2D eigenvalue weighted by atomic mass is 32.2. The van der Waals surface area contributed by atoms with E-state index in [1.54, 1.807) is 12.1 Å². The molecule has 114 valence electrons. The Labute approximate surface area is 122 Å². The van der Waals surface area contributed by atoms with Gasteiger partial charge in [0.15, 0.2) is 0 Å². The molecule has 1 rings (SSSR count). The number of hydrogen-bond donors (Lipinski definition) is 2. The minimum absolute atomic E-state index is 0.0307. The van der Waals surface area contributed by atoms with E-state index in [1.807, 2.05) is 19.1 Å². The van der Waals surface area contributed by atoms with Gasteiger partial charge in [-0.25, -0.2) is 13.1 Å². The third-order valence-electron chi connectivity index (χ3n) is 3.25. The summed E-state index contributed by atoms with van der Waals surface area (Å²) in [4.78, 5) is 0.331. The summed E-state index contributed by atoms with van der Waals surface area (Å²) in [6.07, 6.45) is 4.77. The molecule has 4 nitrogen and oxygen atoms in total. The molecule has 1 aromatic rings. The van der Waals surface area contributed by atoms with E-state index in [4.69, 9.17) is 5.73 Å². The maximum absolute atomic E-state index is 12.2. The van der Waals surface area contributed by atoms with E-state index in [2.05, 4.69) is 11.6 Å². The van der Waals surface area contributed by atoms with Gasteiger partial charge in [0.1, 0.15) is 0 Å². The molecule has 0 radical (unpaired) electrons. The normalized spacial score (nSPS) is 13.3. The third-order valence-corrected chi connectivity index (χ3v) is 4.86. The monoisotopic (exact) mass is 298 g/mol. The number of rotatable bonds is 9. The summed E-state index contributed by atoms with van der Waals surface area (Å²) in [6, 6.07) is 7.03. The molecule has 1 aromatic carbocycles. The number of nitrogens with two attached hydrogens (primary N) is 1. The van der Waals surface area contributed by atoms with Gasteiger partial charge < -0.3 is 5.73 Å². The Kier molecular flexibility index (Phi) is 7.19. The first-order chi connectivity index (χ1) is 9.49. The molecular weight excluding hydrogens is 272 g/mol. The smallest absolute Gasteiger partial charge is 0.240 e. The van der Waals surface area contributed by atoms with Crippen LogP contribution in [0.3, 0.4) is 0 Å². The number of unbranched alkanes of at least 4 members (excludes halogenated alkanes) is 1. The van der Waals surface area contributed by atoms with Crippen molar-refractivity contribution in [2.24, 2.45) is 5.73 Å². The number of aryl methyl sites for hydroxylation is 1. The number of hydrogen-bond acceptors (Lipinski definition) is 3. The maximum Gasteiger partial charge on any atom is 0.240 e. The summed E-state index contributed by atoms with van der Waals surface area (Å²) < 4.78 is 27.1. The zero-order valence-corrected chi connectivity index (χ0v) is 13.2. The van der Waals surface area contributed by atoms with Crippen LogP contribution in [0.5, 0.6) is 0 Å². The molecule has 20 heavy (non-hydrogen) atoms. The molecule has 0 aliphatic carbocycles. The van der Waals surface area contributed by atoms with Crippen molar-refractivity contribution in [3.63, 3.8) is 0 Å². The predicted octanol–water partition coefficient (Wildman–Crippen LogP) is 2.43. The van der Waals surface area contributed by atoms with E-state index in [0.717, 1.165) is 37.7 Å². The Balaban J connectivity index is 2.67. The van der Waals surface area contributed by atoms with Gasteiger partial charge in [0.05, 0.1) is 4.90 Å². The van der Waals surface area contributed by atoms with Gasteiger partial charge >= 0.3 is 0 Å². The second kappa shape index (κ2) is 8.39. The van der Waals surface area contributed by atoms with Crippen molar-refractivity contribution in [1.82, 2.24) is 4.72 Å². The van der Waals surface area contributed by atoms with Crippen molar-refractivity contribution in [2.75, 3.05) is 6.54 Å². The maximum atomic E-state index is 12.2. The molecule has 5 heteroatoms. The lowest BCUT2D eigenvalue weighted by Crippen LogP contribution is -2.32. The highest BCUT2D eigenvalue weighted by Crippen LogP contribution is 2.13. The second-order valence-corrected chi connectivity index (χ2v) is 6.91. The van der Waals surface area contributed by atoms with E-state index in [9.17, 15) is 8.42 Å². The molecule has 0 amide bonds. The van der Waals surface area contributed by atoms with Crippen LogP contribution in [0.1, 0.15) is 45.1 Å². The molecule has 3 N–H and O–H groups in total. The molecule has 0 aliphatic rings. The highest BCUT2D eigenvalue weighted by molar-refractivity contribution is 7.89. The van der Waals surface area contributed by atoms with Gasteiger partial charge in [-0.3, -0.25) is 0 Å². The number of benzene rings is 1. The standard InChI is InChI=1S/C15H26N2O2S/c1-3-4-6-13(2)17-20(18,19)15-10-8-14(9-11-15)7-5-12-16/h8-11,13,17H,3-7,12,16H2,1-2H3. The molecule has 0 aromatic heterocycles. The van der Waals surface area contributed by atoms with Crippen LogP contribution in [0, 0.1) is 0 Å². The van der Waals surface area contributed by atoms with Crippen LogP contribution in [-0.2, 0) is 16.4 Å². The van der Waals surface area contributed by atoms with E-state index < -0.39 is 10.0 Å². The second-order valence-electron chi connectivity index (χ2n) is 5.20. The number of sulfonamides is 1. The minimum atomic E-state index is -3.40. The van der Waals surface area contributed by atoms with Gasteiger partial charge in [0, 0.05) is 6.04 Å². The van der Waals surface area contributed by atoms with Crippen molar-refractivity contribution in [1.29, 1.82) is 0 Å². The summed E-state index contributed by atoms with van der Waals surface area (Å²) in [5, 5.41) is 0. The quantitative estimate of drug-likeness (QED) is 0.735. The fourth-order valence-electron chi connectivity index (χ4n) is 2.04. The Morgan fingerprint density at radius 1 is 1.20 bits per heavy atom. The summed E-state index contributed by atoms with van der Waals surface area (Å²) in [5.74, 6) is 0. The molecule has 0 saturated heterocycles. The van der Waals surface area contributed by atoms with Crippen LogP contribution in [0.15, 0.2) is 29.2 Å². The largest absolute Gasteiger partial charge is 0.330 e. The molecule has 0 fully saturated rings. The van der Waals surface area contributed by atoms with Crippen molar-refractivity contribution >= 4 is 10.0 Å². The van der Waals surface area contributed by atoms with Crippen molar-refractivity contribution in [3.05, 3.63) is 29.8 Å². The Morgan fingerprint density at radius 2 is 1.85 bits per heavy atom. The molecule has 0 bridgehead atoms. The SMILES string of the molecule is CCCCC(C)NS(=O)(=O)c1ccc(CCCN)cc1. The van der Waals surface area contributed by atoms with Crippen LogP contribution in [0.25, 0.3) is 0 Å². The van der Waals surface area contributed by atoms with E-state index in [0.29, 0.717) is 11.4 Å². The van der Waals surface area contributed by atoms with Crippen LogP contribution < -0.4 is 10.5 Å². The Bertz CT molecular complexity index is 483. The van der Waals surface area contributed by atoms with Crippen LogP contribution in [0.2, 0.25) is 0 Å². The topological polar surface area (TPSA) is 72.2 Å². The summed E-state index contributed by atoms with van der Waals surface area (Å²) in [7, 11) is -3.40. The number of nitrogens with one attached hydrogen (secondary N) is 1. The first-order valence-corrected chi connectivity index (χ1v) is 8.79. The first-order valence-electron chi connectivity index (χ1n) is 7.31. The summed E-state index contributed by atoms with van der Waals surface area (Å²) >= 11 is 0. The van der Waals surface area contributed by atoms with Gasteiger partial charge in [-0.15, -0.1) is 0 Å². The van der Waals surface area contributed by atoms with Crippen molar-refractivity contribution in [3.8, 4) is 0 Å². The zero-order chi connectivity index (χ0) is 15.0. The Hall–Kier alpha value is -0.910. The fourth-order valence-corrected chi connectivity index (χ4v) is 3.32. The van der Waals surface area contributed by atoms with Gasteiger partial charge in [-0.2, -0.15) is 0 Å². The zero-order valence-electron chi connectivity index (χ0n) is 12.4. The predicted molar refractivity (Wildman–Crippen MR) is 83.1 cm³/mol. The molecule has 0 aliphatic heterocycles. The van der Waals surface area contributed by atoms with Gasteiger partial charge in [0.25, 0.3) is 0 Å². The molecule has 0 saturated carbocycles. The fraction of sp³-hybridized carbons (Fsp3) is 0.600. The van der Waals surface area contributed by atoms with E-state index >= 15 is 0 Å². The molecule has 0 spiro atoms. The lowest BCUT2D eigenvalue weighted by molar-refractivity contribution is 0.534. The van der Waals surface area contributed by atoms with Crippen molar-refractivity contribution in [2.45, 2.75) is 56.9 Å². The average Bonchev–Trinajstić information content (AvgIpc) is 2.43. The third kappa shape index (κ3) is 5.61. The molecular formula is C15H26N2O2S. The van der Waals surface area contributed by atoms with E-state index in [-0.39, 0.29) is 6.04 Å². The summed E-state index contributed by atoms with van der Waals surface area (Å²) in [6.45, 7) is 4.65. The molecule has 1 atom stereocenters. The minimum Gasteiger partial charge on any atom is -0.330 e. The lowest BCUT2D eigenvalue weighted by Gasteiger charge is -2.14. The van der Waals surface area contributed by atoms with Gasteiger partial charge in [0.2, 0.25) is 10.0 Å². The van der Waals surface area contributed by atoms with Crippen molar-refractivity contribution < 1.29 is 8.42 Å².